The summed E-state index contributed by atoms with van der Waals surface area (Å²) in [7, 11) is 1.80. The lowest BCUT2D eigenvalue weighted by atomic mass is 10.1. The summed E-state index contributed by atoms with van der Waals surface area (Å²) in [6.07, 6.45) is 3.78. The number of rotatable bonds is 5. The smallest absolute Gasteiger partial charge is 0.255 e. The summed E-state index contributed by atoms with van der Waals surface area (Å²) in [5.41, 5.74) is 2.60. The first kappa shape index (κ1) is 14.1. The second-order valence-corrected chi connectivity index (χ2v) is 4.58. The fourth-order valence-electron chi connectivity index (χ4n) is 1.93. The zero-order chi connectivity index (χ0) is 14.4. The molecule has 0 aliphatic heterocycles. The Kier molecular flexibility index (Phi) is 4.71. The maximum atomic E-state index is 12.1. The van der Waals surface area contributed by atoms with Gasteiger partial charge in [0.15, 0.2) is 0 Å². The fraction of sp³-hybridized carbons (Fsp3) is 0.250. The van der Waals surface area contributed by atoms with E-state index in [0.29, 0.717) is 11.3 Å². The number of hydrogen-bond acceptors (Lipinski definition) is 3. The maximum Gasteiger partial charge on any atom is 0.255 e. The minimum atomic E-state index is -0.118. The maximum absolute atomic E-state index is 12.1. The van der Waals surface area contributed by atoms with Crippen LogP contribution in [-0.4, -0.2) is 17.9 Å². The van der Waals surface area contributed by atoms with Crippen LogP contribution in [0.25, 0.3) is 0 Å². The lowest BCUT2D eigenvalue weighted by Gasteiger charge is -2.06. The number of aromatic nitrogens is 1. The molecule has 0 unspecified atom stereocenters. The number of hydrogen-bond donors (Lipinski definition) is 2. The van der Waals surface area contributed by atoms with Crippen LogP contribution in [0.2, 0.25) is 0 Å². The Bertz CT molecular complexity index is 561. The van der Waals surface area contributed by atoms with Gasteiger partial charge in [0, 0.05) is 12.6 Å². The Labute approximate surface area is 119 Å². The molecule has 104 valence electrons. The molecule has 2 aromatic rings. The van der Waals surface area contributed by atoms with Crippen molar-refractivity contribution in [3.63, 3.8) is 0 Å². The SMILES string of the molecule is CCCc1ccc(C(=O)Nc2ccc(NC)nc2)cc1. The van der Waals surface area contributed by atoms with Crippen molar-refractivity contribution in [3.05, 3.63) is 53.7 Å². The molecule has 0 fully saturated rings. The van der Waals surface area contributed by atoms with Gasteiger partial charge in [0.2, 0.25) is 0 Å². The number of amides is 1. The number of carbonyl (C=O) groups is 1. The molecule has 0 atom stereocenters. The minimum Gasteiger partial charge on any atom is -0.373 e. The lowest BCUT2D eigenvalue weighted by molar-refractivity contribution is 0.102. The molecule has 0 aliphatic carbocycles. The topological polar surface area (TPSA) is 54.0 Å². The van der Waals surface area contributed by atoms with E-state index in [1.54, 1.807) is 13.2 Å². The number of pyridine rings is 1. The number of anilines is 2. The van der Waals surface area contributed by atoms with Crippen LogP contribution < -0.4 is 10.6 Å². The third kappa shape index (κ3) is 3.57. The molecule has 20 heavy (non-hydrogen) atoms. The fourth-order valence-corrected chi connectivity index (χ4v) is 1.93. The Hall–Kier alpha value is -2.36. The summed E-state index contributed by atoms with van der Waals surface area (Å²) in [4.78, 5) is 16.2. The molecule has 0 spiro atoms. The molecule has 0 saturated carbocycles. The highest BCUT2D eigenvalue weighted by molar-refractivity contribution is 6.04. The van der Waals surface area contributed by atoms with Gasteiger partial charge in [-0.1, -0.05) is 25.5 Å². The van der Waals surface area contributed by atoms with Crippen molar-refractivity contribution < 1.29 is 4.79 Å². The Morgan fingerprint density at radius 3 is 2.45 bits per heavy atom. The van der Waals surface area contributed by atoms with E-state index in [9.17, 15) is 4.79 Å². The van der Waals surface area contributed by atoms with Crippen molar-refractivity contribution in [2.45, 2.75) is 19.8 Å². The molecule has 2 rings (SSSR count). The molecule has 2 N–H and O–H groups in total. The van der Waals surface area contributed by atoms with Gasteiger partial charge in [0.05, 0.1) is 11.9 Å². The molecule has 1 aromatic heterocycles. The highest BCUT2D eigenvalue weighted by Crippen LogP contribution is 2.12. The predicted molar refractivity (Wildman–Crippen MR) is 82.2 cm³/mol. The summed E-state index contributed by atoms with van der Waals surface area (Å²) in [5, 5.41) is 5.77. The van der Waals surface area contributed by atoms with E-state index < -0.39 is 0 Å². The molecule has 0 radical (unpaired) electrons. The summed E-state index contributed by atoms with van der Waals surface area (Å²) in [6, 6.07) is 11.4. The summed E-state index contributed by atoms with van der Waals surface area (Å²) in [6.45, 7) is 2.14. The highest BCUT2D eigenvalue weighted by atomic mass is 16.1. The quantitative estimate of drug-likeness (QED) is 0.875. The van der Waals surface area contributed by atoms with E-state index in [1.165, 1.54) is 5.56 Å². The Morgan fingerprint density at radius 2 is 1.90 bits per heavy atom. The van der Waals surface area contributed by atoms with Crippen LogP contribution in [-0.2, 0) is 6.42 Å². The molecular formula is C16H19N3O. The van der Waals surface area contributed by atoms with Gasteiger partial charge >= 0.3 is 0 Å². The van der Waals surface area contributed by atoms with Gasteiger partial charge in [0.1, 0.15) is 5.82 Å². The minimum absolute atomic E-state index is 0.118. The monoisotopic (exact) mass is 269 g/mol. The van der Waals surface area contributed by atoms with E-state index in [0.717, 1.165) is 18.7 Å². The van der Waals surface area contributed by atoms with E-state index in [4.69, 9.17) is 0 Å². The summed E-state index contributed by atoms with van der Waals surface area (Å²) >= 11 is 0. The van der Waals surface area contributed by atoms with Gasteiger partial charge in [-0.25, -0.2) is 4.98 Å². The standard InChI is InChI=1S/C16H19N3O/c1-3-4-12-5-7-13(8-6-12)16(20)19-14-9-10-15(17-2)18-11-14/h5-11H,3-4H2,1-2H3,(H,17,18)(H,19,20). The second-order valence-electron chi connectivity index (χ2n) is 4.58. The summed E-state index contributed by atoms with van der Waals surface area (Å²) in [5.74, 6) is 0.652. The molecule has 4 heteroatoms. The molecule has 0 bridgehead atoms. The first-order valence-electron chi connectivity index (χ1n) is 6.77. The first-order valence-corrected chi connectivity index (χ1v) is 6.77. The Balaban J connectivity index is 2.03. The van der Waals surface area contributed by atoms with Gasteiger partial charge in [-0.3, -0.25) is 4.79 Å². The van der Waals surface area contributed by atoms with Gasteiger partial charge in [-0.15, -0.1) is 0 Å². The van der Waals surface area contributed by atoms with Crippen molar-refractivity contribution in [2.24, 2.45) is 0 Å². The zero-order valence-corrected chi connectivity index (χ0v) is 11.8. The molecule has 1 aromatic carbocycles. The molecule has 0 saturated heterocycles. The van der Waals surface area contributed by atoms with Crippen molar-refractivity contribution in [1.29, 1.82) is 0 Å². The van der Waals surface area contributed by atoms with Crippen molar-refractivity contribution in [2.75, 3.05) is 17.7 Å². The average molecular weight is 269 g/mol. The third-order valence-corrected chi connectivity index (χ3v) is 3.03. The van der Waals surface area contributed by atoms with Crippen LogP contribution in [0.3, 0.4) is 0 Å². The van der Waals surface area contributed by atoms with Crippen LogP contribution in [0.4, 0.5) is 11.5 Å². The number of benzene rings is 1. The average Bonchev–Trinajstić information content (AvgIpc) is 2.49. The second kappa shape index (κ2) is 6.70. The number of aryl methyl sites for hydroxylation is 1. The van der Waals surface area contributed by atoms with Crippen molar-refractivity contribution >= 4 is 17.4 Å². The summed E-state index contributed by atoms with van der Waals surface area (Å²) < 4.78 is 0. The van der Waals surface area contributed by atoms with Crippen LogP contribution in [0.5, 0.6) is 0 Å². The van der Waals surface area contributed by atoms with Crippen molar-refractivity contribution in [1.82, 2.24) is 4.98 Å². The molecular weight excluding hydrogens is 250 g/mol. The Morgan fingerprint density at radius 1 is 1.15 bits per heavy atom. The largest absolute Gasteiger partial charge is 0.373 e. The van der Waals surface area contributed by atoms with Gasteiger partial charge in [-0.05, 0) is 36.2 Å². The van der Waals surface area contributed by atoms with Crippen LogP contribution >= 0.6 is 0 Å². The lowest BCUT2D eigenvalue weighted by Crippen LogP contribution is -2.12. The number of nitrogens with one attached hydrogen (secondary N) is 2. The molecule has 0 aliphatic rings. The highest BCUT2D eigenvalue weighted by Gasteiger charge is 2.06. The van der Waals surface area contributed by atoms with Crippen LogP contribution in [0.1, 0.15) is 29.3 Å². The van der Waals surface area contributed by atoms with Crippen LogP contribution in [0, 0.1) is 0 Å². The van der Waals surface area contributed by atoms with Crippen LogP contribution in [0.15, 0.2) is 42.6 Å². The number of carbonyl (C=O) groups excluding carboxylic acids is 1. The van der Waals surface area contributed by atoms with E-state index in [-0.39, 0.29) is 5.91 Å². The molecule has 4 nitrogen and oxygen atoms in total. The predicted octanol–water partition coefficient (Wildman–Crippen LogP) is 3.33. The first-order chi connectivity index (χ1) is 9.72. The van der Waals surface area contributed by atoms with E-state index >= 15 is 0 Å². The number of nitrogens with zero attached hydrogens (tertiary/aromatic N) is 1. The van der Waals surface area contributed by atoms with E-state index in [1.807, 2.05) is 36.4 Å². The van der Waals surface area contributed by atoms with Crippen molar-refractivity contribution in [3.8, 4) is 0 Å². The zero-order valence-electron chi connectivity index (χ0n) is 11.8. The normalized spacial score (nSPS) is 10.1. The van der Waals surface area contributed by atoms with Gasteiger partial charge in [0.25, 0.3) is 5.91 Å². The van der Waals surface area contributed by atoms with Gasteiger partial charge in [-0.2, -0.15) is 0 Å². The van der Waals surface area contributed by atoms with Gasteiger partial charge < -0.3 is 10.6 Å². The molecule has 1 amide bonds. The van der Waals surface area contributed by atoms with E-state index in [2.05, 4.69) is 22.5 Å². The molecule has 1 heterocycles. The third-order valence-electron chi connectivity index (χ3n) is 3.03.